The van der Waals surface area contributed by atoms with Crippen molar-refractivity contribution in [3.63, 3.8) is 0 Å². The van der Waals surface area contributed by atoms with Crippen LogP contribution in [0.15, 0.2) is 0 Å². The van der Waals surface area contributed by atoms with Gasteiger partial charge in [0.15, 0.2) is 0 Å². The molecule has 15 heteroatoms. The monoisotopic (exact) mass is 509 g/mol. The largest absolute Gasteiger partial charge is 0.481 e. The van der Waals surface area contributed by atoms with Gasteiger partial charge in [-0.3, -0.25) is 24.0 Å². The first kappa shape index (κ1) is 30.5. The van der Waals surface area contributed by atoms with Crippen molar-refractivity contribution in [1.29, 1.82) is 0 Å². The number of hydrogen-bond acceptors (Lipinski definition) is 9. The predicted molar refractivity (Wildman–Crippen MR) is 123 cm³/mol. The van der Waals surface area contributed by atoms with Gasteiger partial charge in [0.05, 0.1) is 18.9 Å². The maximum Gasteiger partial charge on any atom is 0.326 e. The van der Waals surface area contributed by atoms with E-state index in [0.717, 1.165) is 0 Å². The van der Waals surface area contributed by atoms with Crippen molar-refractivity contribution in [2.45, 2.75) is 49.9 Å². The summed E-state index contributed by atoms with van der Waals surface area (Å²) in [4.78, 5) is 71.1. The normalized spacial score (nSPS) is 14.3. The minimum absolute atomic E-state index is 0.0720. The van der Waals surface area contributed by atoms with E-state index in [1.165, 1.54) is 23.5 Å². The number of aliphatic carboxylic acids is 2. The van der Waals surface area contributed by atoms with Gasteiger partial charge in [0, 0.05) is 0 Å². The third-order valence-electron chi connectivity index (χ3n) is 4.24. The molecule has 0 heterocycles. The number of thioether (sulfide) groups is 2. The van der Waals surface area contributed by atoms with Crippen molar-refractivity contribution in [3.8, 4) is 0 Å². The molecule has 9 N–H and O–H groups in total. The zero-order chi connectivity index (χ0) is 25.6. The molecule has 0 aromatic carbocycles. The molecular formula is C18H31N5O8S2. The second kappa shape index (κ2) is 16.1. The molecule has 0 aromatic heterocycles. The highest BCUT2D eigenvalue weighted by molar-refractivity contribution is 7.98. The van der Waals surface area contributed by atoms with Crippen molar-refractivity contribution >= 4 is 59.1 Å². The lowest BCUT2D eigenvalue weighted by Gasteiger charge is -2.24. The fourth-order valence-corrected chi connectivity index (χ4v) is 3.45. The van der Waals surface area contributed by atoms with Crippen molar-refractivity contribution in [2.24, 2.45) is 11.5 Å². The second-order valence-corrected chi connectivity index (χ2v) is 8.93. The summed E-state index contributed by atoms with van der Waals surface area (Å²) in [7, 11) is 0. The minimum atomic E-state index is -1.60. The number of carbonyl (C=O) groups excluding carboxylic acids is 4. The summed E-state index contributed by atoms with van der Waals surface area (Å²) in [6, 6.07) is -5.33. The average Bonchev–Trinajstić information content (AvgIpc) is 2.72. The lowest BCUT2D eigenvalue weighted by Crippen LogP contribution is -2.57. The molecule has 0 aliphatic rings. The highest BCUT2D eigenvalue weighted by atomic mass is 32.2. The first-order valence-corrected chi connectivity index (χ1v) is 12.6. The van der Waals surface area contributed by atoms with E-state index < -0.39 is 72.6 Å². The molecule has 4 atom stereocenters. The van der Waals surface area contributed by atoms with Gasteiger partial charge in [0.2, 0.25) is 23.6 Å². The molecule has 0 aliphatic carbocycles. The van der Waals surface area contributed by atoms with E-state index in [0.29, 0.717) is 17.9 Å². The van der Waals surface area contributed by atoms with Gasteiger partial charge in [-0.2, -0.15) is 23.5 Å². The molecule has 0 rings (SSSR count). The summed E-state index contributed by atoms with van der Waals surface area (Å²) in [5.41, 5.74) is 10.8. The number of carbonyl (C=O) groups is 6. The number of nitrogens with one attached hydrogen (secondary N) is 3. The molecule has 188 valence electrons. The summed E-state index contributed by atoms with van der Waals surface area (Å²) in [6.45, 7) is 0. The van der Waals surface area contributed by atoms with Crippen LogP contribution in [0.2, 0.25) is 0 Å². The van der Waals surface area contributed by atoms with Gasteiger partial charge in [-0.15, -0.1) is 0 Å². The predicted octanol–water partition coefficient (Wildman–Crippen LogP) is -2.29. The van der Waals surface area contributed by atoms with Crippen LogP contribution in [-0.2, 0) is 28.8 Å². The molecule has 0 radical (unpaired) electrons. The summed E-state index contributed by atoms with van der Waals surface area (Å²) < 4.78 is 0. The Balaban J connectivity index is 5.45. The van der Waals surface area contributed by atoms with Crippen LogP contribution in [-0.4, -0.2) is 94.0 Å². The standard InChI is InChI=1S/C18H31N5O8S2/c1-32-5-3-9(19)15(27)22-11(8-14(25)26)17(29)21-10(4-6-33-2)16(28)23-12(18(30)31)7-13(20)24/h9-12H,3-8,19H2,1-2H3,(H2,20,24)(H,21,29)(H,22,27)(H,23,28)(H,25,26)(H,30,31). The van der Waals surface area contributed by atoms with E-state index in [-0.39, 0.29) is 6.42 Å². The zero-order valence-electron chi connectivity index (χ0n) is 18.4. The molecule has 0 fully saturated rings. The molecule has 0 saturated heterocycles. The van der Waals surface area contributed by atoms with Crippen LogP contribution in [0.25, 0.3) is 0 Å². The van der Waals surface area contributed by atoms with Crippen LogP contribution in [0.3, 0.4) is 0 Å². The number of hydrogen-bond donors (Lipinski definition) is 7. The maximum atomic E-state index is 12.7. The topological polar surface area (TPSA) is 231 Å². The quantitative estimate of drug-likeness (QED) is 0.110. The van der Waals surface area contributed by atoms with Crippen LogP contribution >= 0.6 is 23.5 Å². The second-order valence-electron chi connectivity index (χ2n) is 6.96. The Kier molecular flexibility index (Phi) is 14.9. The highest BCUT2D eigenvalue weighted by Crippen LogP contribution is 2.05. The van der Waals surface area contributed by atoms with Gasteiger partial charge in [-0.05, 0) is 36.9 Å². The Hall–Kier alpha value is -2.52. The molecule has 0 spiro atoms. The fraction of sp³-hybridized carbons (Fsp3) is 0.667. The van der Waals surface area contributed by atoms with Crippen LogP contribution < -0.4 is 27.4 Å². The van der Waals surface area contributed by atoms with Crippen LogP contribution in [0.4, 0.5) is 0 Å². The number of amides is 4. The number of rotatable bonds is 17. The van der Waals surface area contributed by atoms with Crippen LogP contribution in [0.1, 0.15) is 25.7 Å². The molecular weight excluding hydrogens is 478 g/mol. The van der Waals surface area contributed by atoms with E-state index in [4.69, 9.17) is 16.6 Å². The molecule has 33 heavy (non-hydrogen) atoms. The number of carboxylic acid groups (broad SMARTS) is 2. The fourth-order valence-electron chi connectivity index (χ4n) is 2.49. The molecule has 4 unspecified atom stereocenters. The first-order chi connectivity index (χ1) is 15.4. The lowest BCUT2D eigenvalue weighted by atomic mass is 10.1. The molecule has 0 aliphatic heterocycles. The van der Waals surface area contributed by atoms with E-state index in [2.05, 4.69) is 16.0 Å². The molecule has 4 amide bonds. The maximum absolute atomic E-state index is 12.7. The van der Waals surface area contributed by atoms with Crippen molar-refractivity contribution < 1.29 is 39.0 Å². The number of primary amides is 1. The lowest BCUT2D eigenvalue weighted by molar-refractivity contribution is -0.144. The summed E-state index contributed by atoms with van der Waals surface area (Å²) in [6.07, 6.45) is 2.53. The Labute approximate surface area is 199 Å². The van der Waals surface area contributed by atoms with Crippen LogP contribution in [0, 0.1) is 0 Å². The van der Waals surface area contributed by atoms with Gasteiger partial charge in [0.25, 0.3) is 0 Å². The van der Waals surface area contributed by atoms with Crippen molar-refractivity contribution in [3.05, 3.63) is 0 Å². The van der Waals surface area contributed by atoms with Gasteiger partial charge in [-0.25, -0.2) is 4.79 Å². The summed E-state index contributed by atoms with van der Waals surface area (Å²) >= 11 is 2.81. The van der Waals surface area contributed by atoms with E-state index in [9.17, 15) is 33.9 Å². The first-order valence-electron chi connectivity index (χ1n) is 9.80. The third kappa shape index (κ3) is 12.9. The van der Waals surface area contributed by atoms with E-state index >= 15 is 0 Å². The SMILES string of the molecule is CSCCC(N)C(=O)NC(CC(=O)O)C(=O)NC(CCSC)C(=O)NC(CC(N)=O)C(=O)O. The minimum Gasteiger partial charge on any atom is -0.481 e. The van der Waals surface area contributed by atoms with Crippen molar-refractivity contribution in [1.82, 2.24) is 16.0 Å². The van der Waals surface area contributed by atoms with Gasteiger partial charge >= 0.3 is 11.9 Å². The number of carboxylic acids is 2. The van der Waals surface area contributed by atoms with Gasteiger partial charge in [-0.1, -0.05) is 0 Å². The van der Waals surface area contributed by atoms with E-state index in [1.807, 2.05) is 6.26 Å². The molecule has 0 aromatic rings. The Morgan fingerprint density at radius 1 is 0.758 bits per heavy atom. The van der Waals surface area contributed by atoms with Gasteiger partial charge in [0.1, 0.15) is 18.1 Å². The van der Waals surface area contributed by atoms with E-state index in [1.54, 1.807) is 6.26 Å². The molecule has 0 saturated carbocycles. The average molecular weight is 510 g/mol. The van der Waals surface area contributed by atoms with Crippen molar-refractivity contribution in [2.75, 3.05) is 24.0 Å². The number of nitrogens with two attached hydrogens (primary N) is 2. The summed E-state index contributed by atoms with van der Waals surface area (Å²) in [5.74, 6) is -5.41. The smallest absolute Gasteiger partial charge is 0.326 e. The Bertz CT molecular complexity index is 724. The molecule has 0 bridgehead atoms. The Morgan fingerprint density at radius 2 is 1.24 bits per heavy atom. The Morgan fingerprint density at radius 3 is 1.73 bits per heavy atom. The van der Waals surface area contributed by atoms with Gasteiger partial charge < -0.3 is 37.6 Å². The highest BCUT2D eigenvalue weighted by Gasteiger charge is 2.31. The molecule has 13 nitrogen and oxygen atoms in total. The summed E-state index contributed by atoms with van der Waals surface area (Å²) in [5, 5.41) is 25.1. The zero-order valence-corrected chi connectivity index (χ0v) is 20.0. The van der Waals surface area contributed by atoms with Crippen LogP contribution in [0.5, 0.6) is 0 Å². The third-order valence-corrected chi connectivity index (χ3v) is 5.53.